The van der Waals surface area contributed by atoms with Crippen LogP contribution in [0.5, 0.6) is 0 Å². The summed E-state index contributed by atoms with van der Waals surface area (Å²) in [6, 6.07) is 13.8. The van der Waals surface area contributed by atoms with Gasteiger partial charge in [-0.05, 0) is 30.3 Å². The molecule has 3 aromatic heterocycles. The zero-order valence-electron chi connectivity index (χ0n) is 16.3. The van der Waals surface area contributed by atoms with Crippen molar-refractivity contribution in [2.45, 2.75) is 0 Å². The zero-order valence-corrected chi connectivity index (χ0v) is 17.1. The topological polar surface area (TPSA) is 67.2 Å². The number of aromatic nitrogens is 4. The minimum absolute atomic E-state index is 0.0214. The molecule has 5 rings (SSSR count). The number of hydrogen-bond donors (Lipinski definition) is 0. The Kier molecular flexibility index (Phi) is 4.98. The third kappa shape index (κ3) is 3.81. The first-order chi connectivity index (χ1) is 14.8. The summed E-state index contributed by atoms with van der Waals surface area (Å²) in [6.07, 6.45) is 8.91. The highest BCUT2D eigenvalue weighted by atomic mass is 32.1. The van der Waals surface area contributed by atoms with Crippen molar-refractivity contribution in [1.82, 2.24) is 24.6 Å². The Morgan fingerprint density at radius 2 is 1.87 bits per heavy atom. The number of rotatable bonds is 4. The summed E-state index contributed by atoms with van der Waals surface area (Å²) in [6.45, 7) is 2.89. The number of carbonyl (C=O) groups is 1. The lowest BCUT2D eigenvalue weighted by Crippen LogP contribution is -2.48. The SMILES string of the molecule is O=C(/C=C/c1cnn(-c2ccccc2)c1)N1CCN(c2nc3cccnc3s2)CC1. The molecule has 4 heterocycles. The molecule has 0 atom stereocenters. The average molecular weight is 417 g/mol. The van der Waals surface area contributed by atoms with Crippen molar-refractivity contribution >= 4 is 38.8 Å². The maximum atomic E-state index is 12.6. The van der Waals surface area contributed by atoms with Crippen LogP contribution in [0, 0.1) is 0 Å². The molecule has 0 bridgehead atoms. The van der Waals surface area contributed by atoms with Crippen LogP contribution in [0.25, 0.3) is 22.1 Å². The number of hydrogen-bond acceptors (Lipinski definition) is 6. The van der Waals surface area contributed by atoms with Gasteiger partial charge in [0.25, 0.3) is 0 Å². The summed E-state index contributed by atoms with van der Waals surface area (Å²) in [5.41, 5.74) is 2.81. The Balaban J connectivity index is 1.19. The Morgan fingerprint density at radius 3 is 2.67 bits per heavy atom. The predicted molar refractivity (Wildman–Crippen MR) is 119 cm³/mol. The van der Waals surface area contributed by atoms with Gasteiger partial charge >= 0.3 is 0 Å². The summed E-state index contributed by atoms with van der Waals surface area (Å²) in [4.78, 5) is 26.7. The van der Waals surface area contributed by atoms with Crippen molar-refractivity contribution in [3.05, 3.63) is 72.7 Å². The van der Waals surface area contributed by atoms with Crippen LogP contribution in [0.15, 0.2) is 67.1 Å². The lowest BCUT2D eigenvalue weighted by molar-refractivity contribution is -0.126. The fourth-order valence-corrected chi connectivity index (χ4v) is 4.39. The number of pyridine rings is 1. The Morgan fingerprint density at radius 1 is 1.03 bits per heavy atom. The minimum atomic E-state index is 0.0214. The van der Waals surface area contributed by atoms with E-state index in [2.05, 4.69) is 20.0 Å². The number of anilines is 1. The van der Waals surface area contributed by atoms with Crippen molar-refractivity contribution in [2.24, 2.45) is 0 Å². The zero-order chi connectivity index (χ0) is 20.3. The maximum Gasteiger partial charge on any atom is 0.246 e. The highest BCUT2D eigenvalue weighted by Crippen LogP contribution is 2.27. The number of fused-ring (bicyclic) bond motifs is 1. The number of benzene rings is 1. The quantitative estimate of drug-likeness (QED) is 0.478. The molecule has 4 aromatic rings. The van der Waals surface area contributed by atoms with Crippen LogP contribution in [-0.4, -0.2) is 56.7 Å². The van der Waals surface area contributed by atoms with E-state index in [0.717, 1.165) is 39.8 Å². The predicted octanol–water partition coefficient (Wildman–Crippen LogP) is 3.24. The van der Waals surface area contributed by atoms with Gasteiger partial charge in [0, 0.05) is 50.2 Å². The normalized spacial score (nSPS) is 14.7. The molecule has 0 saturated carbocycles. The van der Waals surface area contributed by atoms with Crippen molar-refractivity contribution in [3.8, 4) is 5.69 Å². The molecule has 8 heteroatoms. The molecule has 150 valence electrons. The second-order valence-electron chi connectivity index (χ2n) is 7.02. The third-order valence-corrected chi connectivity index (χ3v) is 6.10. The Bertz CT molecular complexity index is 1160. The molecule has 30 heavy (non-hydrogen) atoms. The first kappa shape index (κ1) is 18.5. The molecule has 1 amide bonds. The standard InChI is InChI=1S/C22H20N6OS/c29-20(9-8-17-15-24-28(16-17)18-5-2-1-3-6-18)26-11-13-27(14-12-26)22-25-19-7-4-10-23-21(19)30-22/h1-10,15-16H,11-14H2/b9-8+. The van der Waals surface area contributed by atoms with Gasteiger partial charge < -0.3 is 9.80 Å². The van der Waals surface area contributed by atoms with Gasteiger partial charge in [-0.1, -0.05) is 29.5 Å². The van der Waals surface area contributed by atoms with Gasteiger partial charge in [-0.2, -0.15) is 5.10 Å². The maximum absolute atomic E-state index is 12.6. The fourth-order valence-electron chi connectivity index (χ4n) is 3.43. The molecule has 1 fully saturated rings. The molecule has 0 unspecified atom stereocenters. The molecule has 1 aromatic carbocycles. The fraction of sp³-hybridized carbons (Fsp3) is 0.182. The molecule has 0 N–H and O–H groups in total. The lowest BCUT2D eigenvalue weighted by Gasteiger charge is -2.34. The van der Waals surface area contributed by atoms with Gasteiger partial charge in [-0.25, -0.2) is 14.6 Å². The largest absolute Gasteiger partial charge is 0.344 e. The van der Waals surface area contributed by atoms with Gasteiger partial charge in [0.15, 0.2) is 5.13 Å². The van der Waals surface area contributed by atoms with Crippen molar-refractivity contribution in [3.63, 3.8) is 0 Å². The third-order valence-electron chi connectivity index (χ3n) is 5.06. The second-order valence-corrected chi connectivity index (χ2v) is 7.98. The van der Waals surface area contributed by atoms with Crippen LogP contribution in [-0.2, 0) is 4.79 Å². The van der Waals surface area contributed by atoms with E-state index < -0.39 is 0 Å². The molecule has 0 radical (unpaired) electrons. The monoisotopic (exact) mass is 416 g/mol. The molecule has 1 aliphatic rings. The first-order valence-corrected chi connectivity index (χ1v) is 10.6. The van der Waals surface area contributed by atoms with E-state index in [0.29, 0.717) is 13.1 Å². The first-order valence-electron chi connectivity index (χ1n) is 9.80. The van der Waals surface area contributed by atoms with E-state index in [1.54, 1.807) is 34.5 Å². The highest BCUT2D eigenvalue weighted by Gasteiger charge is 2.22. The second kappa shape index (κ2) is 8.08. The highest BCUT2D eigenvalue weighted by molar-refractivity contribution is 7.21. The molecule has 0 aliphatic carbocycles. The lowest BCUT2D eigenvalue weighted by atomic mass is 10.2. The summed E-state index contributed by atoms with van der Waals surface area (Å²) in [5.74, 6) is 0.0214. The van der Waals surface area contributed by atoms with Crippen LogP contribution in [0.2, 0.25) is 0 Å². The molecule has 0 spiro atoms. The van der Waals surface area contributed by atoms with Crippen LogP contribution in [0.1, 0.15) is 5.56 Å². The van der Waals surface area contributed by atoms with Crippen LogP contribution >= 0.6 is 11.3 Å². The van der Waals surface area contributed by atoms with Gasteiger partial charge in [0.05, 0.1) is 11.9 Å². The van der Waals surface area contributed by atoms with E-state index in [1.807, 2.05) is 59.6 Å². The summed E-state index contributed by atoms with van der Waals surface area (Å²) < 4.78 is 1.80. The molecular weight excluding hydrogens is 396 g/mol. The number of nitrogens with zero attached hydrogens (tertiary/aromatic N) is 6. The Labute approximate surface area is 177 Å². The van der Waals surface area contributed by atoms with Crippen molar-refractivity contribution < 1.29 is 4.79 Å². The Hall–Kier alpha value is -3.52. The van der Waals surface area contributed by atoms with Gasteiger partial charge in [0.1, 0.15) is 10.3 Å². The summed E-state index contributed by atoms with van der Waals surface area (Å²) in [5, 5.41) is 5.33. The van der Waals surface area contributed by atoms with Crippen LogP contribution in [0.3, 0.4) is 0 Å². The molecule has 1 aliphatic heterocycles. The number of carbonyl (C=O) groups excluding carboxylic acids is 1. The van der Waals surface area contributed by atoms with Crippen LogP contribution < -0.4 is 4.90 Å². The smallest absolute Gasteiger partial charge is 0.246 e. The average Bonchev–Trinajstić information content (AvgIpc) is 3.45. The van der Waals surface area contributed by atoms with E-state index in [-0.39, 0.29) is 5.91 Å². The number of piperazine rings is 1. The number of thiazole rings is 1. The van der Waals surface area contributed by atoms with E-state index in [4.69, 9.17) is 0 Å². The minimum Gasteiger partial charge on any atom is -0.344 e. The van der Waals surface area contributed by atoms with Gasteiger partial charge in [-0.3, -0.25) is 4.79 Å². The van der Waals surface area contributed by atoms with E-state index in [9.17, 15) is 4.79 Å². The molecule has 1 saturated heterocycles. The molecular formula is C22H20N6OS. The van der Waals surface area contributed by atoms with Crippen LogP contribution in [0.4, 0.5) is 5.13 Å². The van der Waals surface area contributed by atoms with E-state index >= 15 is 0 Å². The summed E-state index contributed by atoms with van der Waals surface area (Å²) >= 11 is 1.60. The number of para-hydroxylation sites is 1. The van der Waals surface area contributed by atoms with E-state index in [1.165, 1.54) is 0 Å². The van der Waals surface area contributed by atoms with Crippen molar-refractivity contribution in [2.75, 3.05) is 31.1 Å². The van der Waals surface area contributed by atoms with Gasteiger partial charge in [0.2, 0.25) is 5.91 Å². The molecule has 7 nitrogen and oxygen atoms in total. The van der Waals surface area contributed by atoms with Crippen molar-refractivity contribution in [1.29, 1.82) is 0 Å². The van der Waals surface area contributed by atoms with Gasteiger partial charge in [-0.15, -0.1) is 0 Å². The summed E-state index contributed by atoms with van der Waals surface area (Å²) in [7, 11) is 0. The number of amides is 1.